The first kappa shape index (κ1) is 11.4. The smallest absolute Gasteiger partial charge is 0.407 e. The molecular formula is C12H19NO3. The van der Waals surface area contributed by atoms with E-state index in [4.69, 9.17) is 5.11 Å². The molecule has 0 aromatic carbocycles. The highest BCUT2D eigenvalue weighted by atomic mass is 16.4. The van der Waals surface area contributed by atoms with Gasteiger partial charge in [0.05, 0.1) is 6.04 Å². The van der Waals surface area contributed by atoms with Crippen molar-refractivity contribution < 1.29 is 14.7 Å². The Morgan fingerprint density at radius 3 is 2.50 bits per heavy atom. The van der Waals surface area contributed by atoms with Crippen LogP contribution in [0.4, 0.5) is 4.79 Å². The van der Waals surface area contributed by atoms with Crippen LogP contribution in [-0.4, -0.2) is 35.0 Å². The predicted octanol–water partition coefficient (Wildman–Crippen LogP) is 2.28. The summed E-state index contributed by atoms with van der Waals surface area (Å²) in [5.41, 5.74) is 0.260. The van der Waals surface area contributed by atoms with E-state index in [9.17, 15) is 9.59 Å². The van der Waals surface area contributed by atoms with E-state index >= 15 is 0 Å². The Balaban J connectivity index is 2.07. The molecule has 1 aliphatic carbocycles. The number of hydrogen-bond acceptors (Lipinski definition) is 2. The van der Waals surface area contributed by atoms with Gasteiger partial charge in [-0.25, -0.2) is 4.79 Å². The van der Waals surface area contributed by atoms with Crippen LogP contribution in [0.3, 0.4) is 0 Å². The summed E-state index contributed by atoms with van der Waals surface area (Å²) in [6.45, 7) is 0.527. The third-order valence-electron chi connectivity index (χ3n) is 4.24. The molecule has 1 saturated carbocycles. The van der Waals surface area contributed by atoms with Crippen LogP contribution in [0.15, 0.2) is 0 Å². The van der Waals surface area contributed by atoms with Gasteiger partial charge in [0.2, 0.25) is 0 Å². The summed E-state index contributed by atoms with van der Waals surface area (Å²) in [7, 11) is 0. The zero-order valence-electron chi connectivity index (χ0n) is 9.52. The Bertz CT molecular complexity index is 284. The first-order chi connectivity index (χ1) is 7.67. The standard InChI is InChI=1S/C12H19NO3/c14-9-10-8-12(4-2-1-3-5-12)6-7-13(10)11(15)16/h9-10H,1-8H2,(H,15,16). The molecule has 4 heteroatoms. The molecule has 0 bridgehead atoms. The highest BCUT2D eigenvalue weighted by Crippen LogP contribution is 2.46. The second-order valence-corrected chi connectivity index (χ2v) is 5.19. The van der Waals surface area contributed by atoms with Crippen LogP contribution in [0, 0.1) is 5.41 Å². The molecule has 1 aliphatic heterocycles. The highest BCUT2D eigenvalue weighted by molar-refractivity contribution is 5.72. The molecule has 1 atom stereocenters. The van der Waals surface area contributed by atoms with Gasteiger partial charge in [-0.3, -0.25) is 4.90 Å². The monoisotopic (exact) mass is 225 g/mol. The van der Waals surface area contributed by atoms with Crippen LogP contribution < -0.4 is 0 Å². The molecule has 1 heterocycles. The number of carboxylic acid groups (broad SMARTS) is 1. The van der Waals surface area contributed by atoms with E-state index < -0.39 is 12.1 Å². The molecule has 1 unspecified atom stereocenters. The fourth-order valence-corrected chi connectivity index (χ4v) is 3.29. The number of likely N-dealkylation sites (tertiary alicyclic amines) is 1. The second-order valence-electron chi connectivity index (χ2n) is 5.19. The highest BCUT2D eigenvalue weighted by Gasteiger charge is 2.41. The van der Waals surface area contributed by atoms with Crippen LogP contribution in [0.5, 0.6) is 0 Å². The summed E-state index contributed by atoms with van der Waals surface area (Å²) < 4.78 is 0. The normalized spacial score (nSPS) is 29.0. The Morgan fingerprint density at radius 2 is 1.94 bits per heavy atom. The Morgan fingerprint density at radius 1 is 1.25 bits per heavy atom. The van der Waals surface area contributed by atoms with E-state index in [0.717, 1.165) is 19.1 Å². The summed E-state index contributed by atoms with van der Waals surface area (Å²) in [5.74, 6) is 0. The van der Waals surface area contributed by atoms with Crippen molar-refractivity contribution in [3.05, 3.63) is 0 Å². The van der Waals surface area contributed by atoms with Crippen molar-refractivity contribution in [1.29, 1.82) is 0 Å². The maximum atomic E-state index is 11.0. The van der Waals surface area contributed by atoms with Crippen LogP contribution in [0.25, 0.3) is 0 Å². The number of hydrogen-bond donors (Lipinski definition) is 1. The summed E-state index contributed by atoms with van der Waals surface area (Å²) in [6.07, 6.45) is 7.63. The molecule has 4 nitrogen and oxygen atoms in total. The van der Waals surface area contributed by atoms with Gasteiger partial charge in [-0.05, 0) is 31.1 Å². The number of carbonyl (C=O) groups excluding carboxylic acids is 1. The van der Waals surface area contributed by atoms with Gasteiger partial charge in [0, 0.05) is 6.54 Å². The minimum absolute atomic E-state index is 0.260. The van der Waals surface area contributed by atoms with Crippen molar-refractivity contribution in [3.63, 3.8) is 0 Å². The number of amides is 1. The van der Waals surface area contributed by atoms with Gasteiger partial charge in [0.25, 0.3) is 0 Å². The summed E-state index contributed by atoms with van der Waals surface area (Å²) in [6, 6.07) is -0.413. The molecule has 1 saturated heterocycles. The molecule has 16 heavy (non-hydrogen) atoms. The lowest BCUT2D eigenvalue weighted by Gasteiger charge is -2.46. The van der Waals surface area contributed by atoms with Crippen molar-refractivity contribution in [1.82, 2.24) is 4.90 Å². The van der Waals surface area contributed by atoms with Gasteiger partial charge in [-0.2, -0.15) is 0 Å². The number of aldehydes is 1. The third kappa shape index (κ3) is 2.06. The first-order valence-corrected chi connectivity index (χ1v) is 6.12. The van der Waals surface area contributed by atoms with E-state index in [1.165, 1.54) is 37.0 Å². The van der Waals surface area contributed by atoms with Crippen LogP contribution in [0.2, 0.25) is 0 Å². The SMILES string of the molecule is O=CC1CC2(CCCCC2)CCN1C(=O)O. The largest absolute Gasteiger partial charge is 0.465 e. The lowest BCUT2D eigenvalue weighted by Crippen LogP contribution is -2.50. The molecule has 1 spiro atoms. The zero-order chi connectivity index (χ0) is 11.6. The average molecular weight is 225 g/mol. The van der Waals surface area contributed by atoms with Crippen molar-refractivity contribution in [3.8, 4) is 0 Å². The van der Waals surface area contributed by atoms with Crippen molar-refractivity contribution in [2.24, 2.45) is 5.41 Å². The molecule has 0 aromatic heterocycles. The number of rotatable bonds is 1. The van der Waals surface area contributed by atoms with Crippen LogP contribution in [0.1, 0.15) is 44.9 Å². The van der Waals surface area contributed by atoms with Gasteiger partial charge in [0.1, 0.15) is 6.29 Å². The maximum absolute atomic E-state index is 11.0. The predicted molar refractivity (Wildman–Crippen MR) is 59.3 cm³/mol. The van der Waals surface area contributed by atoms with E-state index in [1.54, 1.807) is 0 Å². The molecule has 2 fully saturated rings. The van der Waals surface area contributed by atoms with Gasteiger partial charge >= 0.3 is 6.09 Å². The van der Waals surface area contributed by atoms with E-state index in [0.29, 0.717) is 6.54 Å². The average Bonchev–Trinajstić information content (AvgIpc) is 2.29. The van der Waals surface area contributed by atoms with Gasteiger partial charge < -0.3 is 9.90 Å². The van der Waals surface area contributed by atoms with Crippen LogP contribution in [-0.2, 0) is 4.79 Å². The van der Waals surface area contributed by atoms with Gasteiger partial charge in [-0.15, -0.1) is 0 Å². The van der Waals surface area contributed by atoms with Crippen molar-refractivity contribution in [2.45, 2.75) is 51.0 Å². The minimum atomic E-state index is -0.956. The summed E-state index contributed by atoms with van der Waals surface area (Å²) >= 11 is 0. The maximum Gasteiger partial charge on any atom is 0.407 e. The van der Waals surface area contributed by atoms with Crippen molar-refractivity contribution >= 4 is 12.4 Å². The topological polar surface area (TPSA) is 57.6 Å². The Labute approximate surface area is 95.6 Å². The molecule has 0 aromatic rings. The number of carbonyl (C=O) groups is 2. The zero-order valence-corrected chi connectivity index (χ0v) is 9.52. The second kappa shape index (κ2) is 4.44. The third-order valence-corrected chi connectivity index (χ3v) is 4.24. The number of nitrogens with zero attached hydrogens (tertiary/aromatic N) is 1. The quantitative estimate of drug-likeness (QED) is 0.696. The Hall–Kier alpha value is -1.06. The van der Waals surface area contributed by atoms with E-state index in [2.05, 4.69) is 0 Å². The lowest BCUT2D eigenvalue weighted by molar-refractivity contribution is -0.115. The van der Waals surface area contributed by atoms with Gasteiger partial charge in [0.15, 0.2) is 0 Å². The molecule has 0 radical (unpaired) electrons. The van der Waals surface area contributed by atoms with Gasteiger partial charge in [-0.1, -0.05) is 19.3 Å². The molecule has 90 valence electrons. The molecule has 1 N–H and O–H groups in total. The lowest BCUT2D eigenvalue weighted by atomic mass is 9.66. The summed E-state index contributed by atoms with van der Waals surface area (Å²) in [5, 5.41) is 8.99. The van der Waals surface area contributed by atoms with Crippen molar-refractivity contribution in [2.75, 3.05) is 6.54 Å². The van der Waals surface area contributed by atoms with E-state index in [1.807, 2.05) is 0 Å². The van der Waals surface area contributed by atoms with E-state index in [-0.39, 0.29) is 5.41 Å². The number of piperidine rings is 1. The fraction of sp³-hybridized carbons (Fsp3) is 0.833. The van der Waals surface area contributed by atoms with Crippen LogP contribution >= 0.6 is 0 Å². The minimum Gasteiger partial charge on any atom is -0.465 e. The Kier molecular flexibility index (Phi) is 3.17. The molecular weight excluding hydrogens is 206 g/mol. The molecule has 2 aliphatic rings. The molecule has 1 amide bonds. The summed E-state index contributed by atoms with van der Waals surface area (Å²) in [4.78, 5) is 23.3. The fourth-order valence-electron chi connectivity index (χ4n) is 3.29. The first-order valence-electron chi connectivity index (χ1n) is 6.12. The molecule has 2 rings (SSSR count).